The van der Waals surface area contributed by atoms with Gasteiger partial charge in [-0.3, -0.25) is 4.79 Å². The van der Waals surface area contributed by atoms with E-state index in [9.17, 15) is 9.59 Å². The highest BCUT2D eigenvalue weighted by Crippen LogP contribution is 2.17. The first kappa shape index (κ1) is 13.4. The molecule has 3 N–H and O–H groups in total. The fourth-order valence-electron chi connectivity index (χ4n) is 1.01. The van der Waals surface area contributed by atoms with Gasteiger partial charge < -0.3 is 15.8 Å². The highest BCUT2D eigenvalue weighted by atomic mass is 35.5. The van der Waals surface area contributed by atoms with Gasteiger partial charge in [-0.15, -0.1) is 0 Å². The van der Waals surface area contributed by atoms with E-state index in [1.165, 1.54) is 6.20 Å². The minimum absolute atomic E-state index is 0.152. The van der Waals surface area contributed by atoms with E-state index in [1.54, 1.807) is 19.1 Å². The number of esters is 1. The Morgan fingerprint density at radius 3 is 2.94 bits per heavy atom. The fourth-order valence-corrected chi connectivity index (χ4v) is 1.18. The monoisotopic (exact) mass is 257 g/mol. The number of halogens is 1. The SMILES string of the molecule is CCOC(=O)C(N)C(=O)Nc1ncccc1Cl. The number of hydrogen-bond donors (Lipinski definition) is 2. The number of pyridine rings is 1. The van der Waals surface area contributed by atoms with E-state index >= 15 is 0 Å². The minimum Gasteiger partial charge on any atom is -0.464 e. The van der Waals surface area contributed by atoms with Crippen LogP contribution in [0.4, 0.5) is 5.82 Å². The molecule has 0 radical (unpaired) electrons. The second-order valence-corrected chi connectivity index (χ2v) is 3.46. The van der Waals surface area contributed by atoms with Crippen molar-refractivity contribution in [2.75, 3.05) is 11.9 Å². The van der Waals surface area contributed by atoms with Crippen molar-refractivity contribution < 1.29 is 14.3 Å². The van der Waals surface area contributed by atoms with Gasteiger partial charge in [0.25, 0.3) is 5.91 Å². The lowest BCUT2D eigenvalue weighted by Gasteiger charge is -2.11. The van der Waals surface area contributed by atoms with Gasteiger partial charge in [-0.2, -0.15) is 0 Å². The summed E-state index contributed by atoms with van der Waals surface area (Å²) in [5, 5.41) is 2.60. The molecule has 0 aliphatic carbocycles. The van der Waals surface area contributed by atoms with Crippen molar-refractivity contribution in [1.82, 2.24) is 4.98 Å². The molecule has 1 rings (SSSR count). The Labute approximate surface area is 103 Å². The van der Waals surface area contributed by atoms with Gasteiger partial charge in [-0.05, 0) is 19.1 Å². The molecule has 0 aliphatic heterocycles. The van der Waals surface area contributed by atoms with Gasteiger partial charge in [-0.25, -0.2) is 9.78 Å². The first-order chi connectivity index (χ1) is 8.06. The van der Waals surface area contributed by atoms with Crippen molar-refractivity contribution in [2.24, 2.45) is 5.73 Å². The Balaban J connectivity index is 2.67. The molecule has 1 amide bonds. The number of rotatable bonds is 4. The zero-order chi connectivity index (χ0) is 12.8. The zero-order valence-electron chi connectivity index (χ0n) is 9.14. The van der Waals surface area contributed by atoms with Gasteiger partial charge in [-0.1, -0.05) is 11.6 Å². The molecule has 6 nitrogen and oxygen atoms in total. The molecule has 1 aromatic rings. The molecule has 0 bridgehead atoms. The quantitative estimate of drug-likeness (QED) is 0.607. The molecule has 0 aliphatic rings. The molecule has 1 unspecified atom stereocenters. The van der Waals surface area contributed by atoms with Gasteiger partial charge in [0.2, 0.25) is 0 Å². The maximum absolute atomic E-state index is 11.5. The van der Waals surface area contributed by atoms with E-state index < -0.39 is 17.9 Å². The van der Waals surface area contributed by atoms with Crippen LogP contribution in [0.3, 0.4) is 0 Å². The van der Waals surface area contributed by atoms with Crippen LogP contribution in [0, 0.1) is 0 Å². The summed E-state index contributed by atoms with van der Waals surface area (Å²) < 4.78 is 4.61. The topological polar surface area (TPSA) is 94.3 Å². The van der Waals surface area contributed by atoms with E-state index in [0.29, 0.717) is 0 Å². The Morgan fingerprint density at radius 2 is 2.35 bits per heavy atom. The number of nitrogens with two attached hydrogens (primary N) is 1. The average Bonchev–Trinajstić information content (AvgIpc) is 2.31. The average molecular weight is 258 g/mol. The number of amides is 1. The van der Waals surface area contributed by atoms with Crippen LogP contribution in [-0.2, 0) is 14.3 Å². The van der Waals surface area contributed by atoms with Gasteiger partial charge in [0.1, 0.15) is 0 Å². The standard InChI is InChI=1S/C10H12ClN3O3/c1-2-17-10(16)7(12)9(15)14-8-6(11)4-3-5-13-8/h3-5,7H,2,12H2,1H3,(H,13,14,15). The normalized spacial score (nSPS) is 11.7. The predicted molar refractivity (Wildman–Crippen MR) is 62.5 cm³/mol. The van der Waals surface area contributed by atoms with Gasteiger partial charge in [0, 0.05) is 6.20 Å². The Kier molecular flexibility index (Phi) is 4.86. The lowest BCUT2D eigenvalue weighted by Crippen LogP contribution is -2.43. The van der Waals surface area contributed by atoms with Crippen molar-refractivity contribution in [3.05, 3.63) is 23.4 Å². The molecule has 7 heteroatoms. The lowest BCUT2D eigenvalue weighted by molar-refractivity contribution is -0.146. The van der Waals surface area contributed by atoms with Crippen LogP contribution in [0.25, 0.3) is 0 Å². The molecule has 92 valence electrons. The third-order valence-electron chi connectivity index (χ3n) is 1.82. The Morgan fingerprint density at radius 1 is 1.65 bits per heavy atom. The summed E-state index contributed by atoms with van der Waals surface area (Å²) >= 11 is 5.78. The fraction of sp³-hybridized carbons (Fsp3) is 0.300. The second-order valence-electron chi connectivity index (χ2n) is 3.05. The summed E-state index contributed by atoms with van der Waals surface area (Å²) in [6.45, 7) is 1.78. The summed E-state index contributed by atoms with van der Waals surface area (Å²) in [5.41, 5.74) is 5.39. The highest BCUT2D eigenvalue weighted by molar-refractivity contribution is 6.33. The van der Waals surface area contributed by atoms with Gasteiger partial charge >= 0.3 is 5.97 Å². The number of nitrogens with one attached hydrogen (secondary N) is 1. The summed E-state index contributed by atoms with van der Waals surface area (Å²) in [6, 6.07) is 1.77. The second kappa shape index (κ2) is 6.17. The molecule has 0 aromatic carbocycles. The number of carbonyl (C=O) groups excluding carboxylic acids is 2. The van der Waals surface area contributed by atoms with Crippen LogP contribution in [0.15, 0.2) is 18.3 Å². The maximum Gasteiger partial charge on any atom is 0.332 e. The summed E-state index contributed by atoms with van der Waals surface area (Å²) in [6.07, 6.45) is 1.46. The predicted octanol–water partition coefficient (Wildman–Crippen LogP) is 0.564. The molecule has 1 heterocycles. The first-order valence-electron chi connectivity index (χ1n) is 4.89. The number of carbonyl (C=O) groups is 2. The molecule has 1 aromatic heterocycles. The van der Waals surface area contributed by atoms with Crippen molar-refractivity contribution in [3.8, 4) is 0 Å². The third kappa shape index (κ3) is 3.69. The van der Waals surface area contributed by atoms with E-state index in [0.717, 1.165) is 0 Å². The van der Waals surface area contributed by atoms with Crippen LogP contribution in [0.2, 0.25) is 5.02 Å². The van der Waals surface area contributed by atoms with Crippen molar-refractivity contribution >= 4 is 29.3 Å². The summed E-state index contributed by atoms with van der Waals surface area (Å²) in [4.78, 5) is 26.6. The van der Waals surface area contributed by atoms with Crippen LogP contribution < -0.4 is 11.1 Å². The van der Waals surface area contributed by atoms with Crippen molar-refractivity contribution in [1.29, 1.82) is 0 Å². The minimum atomic E-state index is -1.40. The zero-order valence-corrected chi connectivity index (χ0v) is 9.90. The maximum atomic E-state index is 11.5. The number of nitrogens with zero attached hydrogens (tertiary/aromatic N) is 1. The van der Waals surface area contributed by atoms with E-state index in [1.807, 2.05) is 0 Å². The van der Waals surface area contributed by atoms with Crippen LogP contribution in [0.1, 0.15) is 6.92 Å². The van der Waals surface area contributed by atoms with Crippen molar-refractivity contribution in [3.63, 3.8) is 0 Å². The largest absolute Gasteiger partial charge is 0.464 e. The summed E-state index contributed by atoms with van der Waals surface area (Å²) in [5.74, 6) is -1.36. The number of ether oxygens (including phenoxy) is 1. The molecule has 0 fully saturated rings. The van der Waals surface area contributed by atoms with Crippen LogP contribution >= 0.6 is 11.6 Å². The molecule has 0 saturated carbocycles. The molecule has 1 atom stereocenters. The van der Waals surface area contributed by atoms with E-state index in [-0.39, 0.29) is 17.4 Å². The highest BCUT2D eigenvalue weighted by Gasteiger charge is 2.24. The molecular weight excluding hydrogens is 246 g/mol. The Hall–Kier alpha value is -1.66. The van der Waals surface area contributed by atoms with Gasteiger partial charge in [0.15, 0.2) is 11.9 Å². The smallest absolute Gasteiger partial charge is 0.332 e. The summed E-state index contributed by atoms with van der Waals surface area (Å²) in [7, 11) is 0. The third-order valence-corrected chi connectivity index (χ3v) is 2.13. The van der Waals surface area contributed by atoms with E-state index in [2.05, 4.69) is 15.0 Å². The number of anilines is 1. The number of hydrogen-bond acceptors (Lipinski definition) is 5. The molecule has 0 spiro atoms. The van der Waals surface area contributed by atoms with Crippen LogP contribution in [-0.4, -0.2) is 29.5 Å². The molecule has 0 saturated heterocycles. The van der Waals surface area contributed by atoms with E-state index in [4.69, 9.17) is 17.3 Å². The first-order valence-corrected chi connectivity index (χ1v) is 5.27. The number of aromatic nitrogens is 1. The van der Waals surface area contributed by atoms with Gasteiger partial charge in [0.05, 0.1) is 11.6 Å². The van der Waals surface area contributed by atoms with Crippen molar-refractivity contribution in [2.45, 2.75) is 13.0 Å². The lowest BCUT2D eigenvalue weighted by atomic mass is 10.3. The molecule has 17 heavy (non-hydrogen) atoms. The Bertz CT molecular complexity index is 425. The molecular formula is C10H12ClN3O3. The van der Waals surface area contributed by atoms with Crippen LogP contribution in [0.5, 0.6) is 0 Å².